The van der Waals surface area contributed by atoms with Gasteiger partial charge < -0.3 is 20.4 Å². The van der Waals surface area contributed by atoms with Gasteiger partial charge in [-0.25, -0.2) is 0 Å². The Morgan fingerprint density at radius 2 is 2.00 bits per heavy atom. The van der Waals surface area contributed by atoms with Gasteiger partial charge in [-0.05, 0) is 0 Å². The molecule has 4 N–H and O–H groups in total. The van der Waals surface area contributed by atoms with Crippen molar-refractivity contribution in [2.75, 3.05) is 13.2 Å². The Labute approximate surface area is 60.3 Å². The van der Waals surface area contributed by atoms with Gasteiger partial charge in [-0.3, -0.25) is 4.79 Å². The summed E-state index contributed by atoms with van der Waals surface area (Å²) in [5.41, 5.74) is 0. The molecule has 0 saturated heterocycles. The lowest BCUT2D eigenvalue weighted by Crippen LogP contribution is -2.37. The van der Waals surface area contributed by atoms with Gasteiger partial charge in [0, 0.05) is 0 Å². The van der Waals surface area contributed by atoms with Crippen LogP contribution in [0.3, 0.4) is 0 Å². The molecule has 0 unspecified atom stereocenters. The van der Waals surface area contributed by atoms with Gasteiger partial charge in [0.15, 0.2) is 5.78 Å². The summed E-state index contributed by atoms with van der Waals surface area (Å²) in [4.78, 5) is 10.5. The van der Waals surface area contributed by atoms with Crippen molar-refractivity contribution < 1.29 is 28.0 Å². The summed E-state index contributed by atoms with van der Waals surface area (Å²) in [6, 6.07) is 0. The van der Waals surface area contributed by atoms with Gasteiger partial charge >= 0.3 is 0 Å². The van der Waals surface area contributed by atoms with Gasteiger partial charge in [0.1, 0.15) is 18.8 Å². The van der Waals surface area contributed by atoms with E-state index in [1.807, 2.05) is 0 Å². The maximum absolute atomic E-state index is 10.5. The van der Waals surface area contributed by atoms with Gasteiger partial charge in [-0.2, -0.15) is 0 Å². The lowest BCUT2D eigenvalue weighted by Gasteiger charge is -2.11. The van der Waals surface area contributed by atoms with E-state index in [9.17, 15) is 4.79 Å². The number of hydrogen-bond donors (Lipinski definition) is 4. The van der Waals surface area contributed by atoms with E-state index in [1.54, 1.807) is 0 Å². The molecule has 60 valence electrons. The van der Waals surface area contributed by atoms with Crippen LogP contribution in [-0.4, -0.2) is 51.6 Å². The zero-order valence-corrected chi connectivity index (χ0v) is 5.06. The van der Waals surface area contributed by atoms with E-state index in [4.69, 9.17) is 23.2 Å². The van der Waals surface area contributed by atoms with Gasteiger partial charge in [-0.1, -0.05) is 0 Å². The third-order valence-electron chi connectivity index (χ3n) is 0.917. The van der Waals surface area contributed by atoms with Gasteiger partial charge in [-0.15, -0.1) is 0 Å². The molecule has 10 heavy (non-hydrogen) atoms. The smallest absolute Gasteiger partial charge is 0.189 e. The normalized spacial score (nSPS) is 20.8. The number of hydrogen-bond acceptors (Lipinski definition) is 5. The molecule has 0 spiro atoms. The second kappa shape index (κ2) is 4.35. The Morgan fingerprint density at radius 1 is 1.50 bits per heavy atom. The molecule has 0 heterocycles. The van der Waals surface area contributed by atoms with Crippen molar-refractivity contribution >= 4 is 5.78 Å². The number of carbonyl (C=O) groups is 1. The molecule has 0 aromatic carbocycles. The molecule has 5 heteroatoms. The van der Waals surface area contributed by atoms with Gasteiger partial charge in [0.05, 0.1) is 9.30 Å². The molecule has 0 rings (SSSR count). The van der Waals surface area contributed by atoms with Gasteiger partial charge in [0.25, 0.3) is 0 Å². The predicted molar refractivity (Wildman–Crippen MR) is 31.2 cm³/mol. The quantitative estimate of drug-likeness (QED) is 0.350. The van der Waals surface area contributed by atoms with E-state index in [0.717, 1.165) is 0 Å². The van der Waals surface area contributed by atoms with Crippen LogP contribution in [-0.2, 0) is 4.79 Å². The van der Waals surface area contributed by atoms with Crippen molar-refractivity contribution in [3.8, 4) is 0 Å². The predicted octanol–water partition coefficient (Wildman–Crippen LogP) is -2.74. The minimum absolute atomic E-state index is 1.02. The Balaban J connectivity index is 4.29. The first kappa shape index (κ1) is 6.23. The minimum atomic E-state index is -3.07. The molecule has 0 aliphatic heterocycles. The molecule has 0 aliphatic carbocycles. The van der Waals surface area contributed by atoms with E-state index >= 15 is 0 Å². The molecule has 2 atom stereocenters. The van der Waals surface area contributed by atoms with Crippen LogP contribution in [0.2, 0.25) is 0 Å². The van der Waals surface area contributed by atoms with Crippen molar-refractivity contribution in [3.05, 3.63) is 0 Å². The maximum Gasteiger partial charge on any atom is 0.189 e. The summed E-state index contributed by atoms with van der Waals surface area (Å²) < 4.78 is 13.0. The SMILES string of the molecule is [2H]C([2H])(O)[C@@H](O)[C@H](O)C(=O)CO. The molecule has 0 radical (unpaired) electrons. The number of ketones is 1. The standard InChI is InChI=1S/C5H10O5/c6-1-3(8)5(10)4(9)2-7/h3,5-8,10H,1-2H2/t3-,5+/m1/s1/i1D2. The monoisotopic (exact) mass is 152 g/mol. The molecular weight excluding hydrogens is 140 g/mol. The number of aliphatic hydroxyl groups is 4. The minimum Gasteiger partial charge on any atom is -0.394 e. The number of rotatable bonds is 4. The Hall–Kier alpha value is -0.490. The fourth-order valence-electron chi connectivity index (χ4n) is 0.340. The van der Waals surface area contributed by atoms with E-state index in [2.05, 4.69) is 0 Å². The summed E-state index contributed by atoms with van der Waals surface area (Å²) in [7, 11) is 0. The average molecular weight is 152 g/mol. The van der Waals surface area contributed by atoms with E-state index in [-0.39, 0.29) is 0 Å². The van der Waals surface area contributed by atoms with Crippen LogP contribution < -0.4 is 0 Å². The molecule has 0 aromatic rings. The molecular formula is C5H10O5. The zero-order valence-electron chi connectivity index (χ0n) is 7.06. The highest BCUT2D eigenvalue weighted by Gasteiger charge is 2.21. The molecule has 0 aliphatic rings. The van der Waals surface area contributed by atoms with Crippen molar-refractivity contribution in [2.45, 2.75) is 12.2 Å². The van der Waals surface area contributed by atoms with E-state index in [1.165, 1.54) is 0 Å². The van der Waals surface area contributed by atoms with Gasteiger partial charge in [0.2, 0.25) is 0 Å². The first-order valence-electron chi connectivity index (χ1n) is 3.52. The van der Waals surface area contributed by atoms with Crippen LogP contribution in [0.5, 0.6) is 0 Å². The van der Waals surface area contributed by atoms with Crippen LogP contribution in [0.25, 0.3) is 0 Å². The summed E-state index contributed by atoms with van der Waals surface area (Å²) in [5.74, 6) is -1.15. The molecule has 5 nitrogen and oxygen atoms in total. The van der Waals surface area contributed by atoms with Crippen LogP contribution in [0, 0.1) is 0 Å². The van der Waals surface area contributed by atoms with Crippen LogP contribution in [0.1, 0.15) is 2.74 Å². The number of Topliss-reactive ketones (excluding diaryl/α,β-unsaturated/α-hetero) is 1. The highest BCUT2D eigenvalue weighted by Crippen LogP contribution is 1.92. The third kappa shape index (κ3) is 2.40. The number of aliphatic hydroxyl groups excluding tert-OH is 3. The highest BCUT2D eigenvalue weighted by atomic mass is 16.4. The Morgan fingerprint density at radius 3 is 2.30 bits per heavy atom. The summed E-state index contributed by atoms with van der Waals surface area (Å²) in [6.07, 6.45) is -4.37. The third-order valence-corrected chi connectivity index (χ3v) is 0.917. The second-order valence-corrected chi connectivity index (χ2v) is 1.64. The molecule has 0 bridgehead atoms. The first-order chi connectivity index (χ1) is 5.30. The summed E-state index contributed by atoms with van der Waals surface area (Å²) in [5, 5.41) is 34.2. The van der Waals surface area contributed by atoms with E-state index < -0.39 is 31.2 Å². The molecule has 0 amide bonds. The summed E-state index contributed by atoms with van der Waals surface area (Å²) in [6.45, 7) is -4.08. The Bertz CT molecular complexity index is 166. The van der Waals surface area contributed by atoms with Crippen LogP contribution in [0.15, 0.2) is 0 Å². The lowest BCUT2D eigenvalue weighted by atomic mass is 10.1. The van der Waals surface area contributed by atoms with Crippen molar-refractivity contribution in [1.82, 2.24) is 0 Å². The average Bonchev–Trinajstić information content (AvgIpc) is 1.98. The largest absolute Gasteiger partial charge is 0.394 e. The second-order valence-electron chi connectivity index (χ2n) is 1.64. The number of carbonyl (C=O) groups excluding carboxylic acids is 1. The topological polar surface area (TPSA) is 98.0 Å². The summed E-state index contributed by atoms with van der Waals surface area (Å²) >= 11 is 0. The fourth-order valence-corrected chi connectivity index (χ4v) is 0.340. The zero-order chi connectivity index (χ0) is 9.94. The molecule has 0 aromatic heterocycles. The van der Waals surface area contributed by atoms with Crippen molar-refractivity contribution in [1.29, 1.82) is 0 Å². The maximum atomic E-state index is 10.5. The lowest BCUT2D eigenvalue weighted by molar-refractivity contribution is -0.137. The first-order valence-corrected chi connectivity index (χ1v) is 2.52. The fraction of sp³-hybridized carbons (Fsp3) is 0.800. The Kier molecular flexibility index (Phi) is 2.71. The molecule has 0 fully saturated rings. The molecule has 0 saturated carbocycles. The van der Waals surface area contributed by atoms with E-state index in [0.29, 0.717) is 0 Å². The van der Waals surface area contributed by atoms with Crippen molar-refractivity contribution in [2.24, 2.45) is 0 Å². The highest BCUT2D eigenvalue weighted by molar-refractivity contribution is 5.84. The van der Waals surface area contributed by atoms with Crippen LogP contribution >= 0.6 is 0 Å². The van der Waals surface area contributed by atoms with Crippen molar-refractivity contribution in [3.63, 3.8) is 0 Å². The van der Waals surface area contributed by atoms with Crippen LogP contribution in [0.4, 0.5) is 0 Å².